The van der Waals surface area contributed by atoms with E-state index in [-0.39, 0.29) is 11.0 Å². The first kappa shape index (κ1) is 19.6. The molecule has 4 nitrogen and oxygen atoms in total. The summed E-state index contributed by atoms with van der Waals surface area (Å²) in [4.78, 5) is 23.4. The Hall–Kier alpha value is -1.45. The van der Waals surface area contributed by atoms with Crippen molar-refractivity contribution in [2.24, 2.45) is 10.4 Å². The summed E-state index contributed by atoms with van der Waals surface area (Å²) in [6.07, 6.45) is 2.64. The first-order valence-corrected chi connectivity index (χ1v) is 7.81. The highest BCUT2D eigenvalue weighted by Gasteiger charge is 2.24. The Morgan fingerprint density at radius 3 is 2.05 bits per heavy atom. The van der Waals surface area contributed by atoms with Crippen LogP contribution in [0.2, 0.25) is 0 Å². The average Bonchev–Trinajstić information content (AvgIpc) is 2.39. The smallest absolute Gasteiger partial charge is 0.254 e. The number of aromatic amines is 1. The molecule has 0 amide bonds. The standard InChI is InChI=1S/C13H21N3O.C4H10/c1-7-14-11(13(4,5)6)10-8(2)12(17)16-9(3)15-10;1-3-4-2/h7H2,1-6H3,(H,15,16,17);3-4H2,1-2H3. The van der Waals surface area contributed by atoms with Crippen molar-refractivity contribution in [2.45, 2.75) is 68.2 Å². The van der Waals surface area contributed by atoms with Gasteiger partial charge in [-0.05, 0) is 20.8 Å². The number of nitrogens with one attached hydrogen (secondary N) is 1. The second-order valence-corrected chi connectivity index (χ2v) is 6.20. The van der Waals surface area contributed by atoms with Crippen molar-refractivity contribution in [1.82, 2.24) is 9.97 Å². The predicted octanol–water partition coefficient (Wildman–Crippen LogP) is 4.05. The van der Waals surface area contributed by atoms with Crippen LogP contribution in [0.4, 0.5) is 0 Å². The molecule has 0 spiro atoms. The van der Waals surface area contributed by atoms with Crippen LogP contribution in [0.15, 0.2) is 9.79 Å². The van der Waals surface area contributed by atoms with Gasteiger partial charge in [-0.2, -0.15) is 0 Å². The third kappa shape index (κ3) is 6.23. The van der Waals surface area contributed by atoms with Crippen LogP contribution in [0.5, 0.6) is 0 Å². The SMILES string of the molecule is CCCC.CCN=C(c1nc(C)[nH]c(=O)c1C)C(C)(C)C. The minimum absolute atomic E-state index is 0.0828. The van der Waals surface area contributed by atoms with Gasteiger partial charge in [0.25, 0.3) is 5.56 Å². The molecule has 0 saturated carbocycles. The van der Waals surface area contributed by atoms with Gasteiger partial charge >= 0.3 is 0 Å². The number of rotatable bonds is 3. The van der Waals surface area contributed by atoms with Crippen molar-refractivity contribution >= 4 is 5.71 Å². The predicted molar refractivity (Wildman–Crippen MR) is 91.4 cm³/mol. The minimum Gasteiger partial charge on any atom is -0.311 e. The molecule has 120 valence electrons. The van der Waals surface area contributed by atoms with E-state index >= 15 is 0 Å². The number of unbranched alkanes of at least 4 members (excludes halogenated alkanes) is 1. The van der Waals surface area contributed by atoms with Crippen LogP contribution >= 0.6 is 0 Å². The summed E-state index contributed by atoms with van der Waals surface area (Å²) in [6, 6.07) is 0. The van der Waals surface area contributed by atoms with Gasteiger partial charge in [0.2, 0.25) is 0 Å². The van der Waals surface area contributed by atoms with Gasteiger partial charge < -0.3 is 4.98 Å². The molecule has 0 aliphatic rings. The zero-order valence-corrected chi connectivity index (χ0v) is 14.9. The number of hydrogen-bond acceptors (Lipinski definition) is 3. The summed E-state index contributed by atoms with van der Waals surface area (Å²) < 4.78 is 0. The molecule has 0 radical (unpaired) electrons. The van der Waals surface area contributed by atoms with Gasteiger partial charge in [-0.1, -0.05) is 47.5 Å². The number of hydrogen-bond donors (Lipinski definition) is 1. The molecule has 1 rings (SSSR count). The monoisotopic (exact) mass is 293 g/mol. The van der Waals surface area contributed by atoms with Crippen LogP contribution in [0.25, 0.3) is 0 Å². The zero-order chi connectivity index (χ0) is 16.6. The Balaban J connectivity index is 0.000000885. The molecule has 0 aliphatic heterocycles. The fourth-order valence-corrected chi connectivity index (χ4v) is 1.70. The van der Waals surface area contributed by atoms with Gasteiger partial charge in [-0.25, -0.2) is 4.98 Å². The van der Waals surface area contributed by atoms with Crippen LogP contribution in [-0.2, 0) is 0 Å². The van der Waals surface area contributed by atoms with Crippen LogP contribution in [0.3, 0.4) is 0 Å². The molecular formula is C17H31N3O. The second kappa shape index (κ2) is 8.75. The van der Waals surface area contributed by atoms with E-state index in [9.17, 15) is 4.79 Å². The third-order valence-corrected chi connectivity index (χ3v) is 3.02. The highest BCUT2D eigenvalue weighted by atomic mass is 16.1. The molecule has 1 heterocycles. The molecule has 4 heteroatoms. The Morgan fingerprint density at radius 1 is 1.14 bits per heavy atom. The fraction of sp³-hybridized carbons (Fsp3) is 0.706. The molecular weight excluding hydrogens is 262 g/mol. The minimum atomic E-state index is -0.117. The maximum absolute atomic E-state index is 11.7. The Morgan fingerprint density at radius 2 is 1.67 bits per heavy atom. The normalized spacial score (nSPS) is 11.9. The largest absolute Gasteiger partial charge is 0.311 e. The maximum atomic E-state index is 11.7. The quantitative estimate of drug-likeness (QED) is 0.855. The molecule has 0 unspecified atom stereocenters. The van der Waals surface area contributed by atoms with Gasteiger partial charge in [-0.3, -0.25) is 9.79 Å². The summed E-state index contributed by atoms with van der Waals surface area (Å²) in [6.45, 7) is 16.9. The van der Waals surface area contributed by atoms with Crippen LogP contribution in [0, 0.1) is 19.3 Å². The van der Waals surface area contributed by atoms with Crippen molar-refractivity contribution in [3.05, 3.63) is 27.4 Å². The topological polar surface area (TPSA) is 58.1 Å². The van der Waals surface area contributed by atoms with E-state index in [4.69, 9.17) is 0 Å². The molecule has 0 aromatic carbocycles. The van der Waals surface area contributed by atoms with Gasteiger partial charge in [0.1, 0.15) is 5.82 Å². The zero-order valence-electron chi connectivity index (χ0n) is 14.9. The molecule has 0 atom stereocenters. The molecule has 1 N–H and O–H groups in total. The van der Waals surface area contributed by atoms with E-state index in [1.807, 2.05) is 6.92 Å². The Labute approximate surface area is 129 Å². The highest BCUT2D eigenvalue weighted by Crippen LogP contribution is 2.21. The number of nitrogens with zero attached hydrogens (tertiary/aromatic N) is 2. The van der Waals surface area contributed by atoms with E-state index < -0.39 is 0 Å². The third-order valence-electron chi connectivity index (χ3n) is 3.02. The molecule has 21 heavy (non-hydrogen) atoms. The Kier molecular flexibility index (Phi) is 8.15. The van der Waals surface area contributed by atoms with E-state index in [1.165, 1.54) is 12.8 Å². The first-order chi connectivity index (χ1) is 9.68. The van der Waals surface area contributed by atoms with Crippen LogP contribution in [-0.4, -0.2) is 22.2 Å². The van der Waals surface area contributed by atoms with Crippen molar-refractivity contribution in [1.29, 1.82) is 0 Å². The molecule has 0 fully saturated rings. The summed E-state index contributed by atoms with van der Waals surface area (Å²) in [5.41, 5.74) is 2.05. The van der Waals surface area contributed by atoms with E-state index in [0.29, 0.717) is 17.9 Å². The van der Waals surface area contributed by atoms with Gasteiger partial charge in [0.05, 0.1) is 11.4 Å². The lowest BCUT2D eigenvalue weighted by molar-refractivity contribution is 0.586. The first-order valence-electron chi connectivity index (χ1n) is 7.81. The molecule has 1 aromatic rings. The molecule has 0 bridgehead atoms. The van der Waals surface area contributed by atoms with Crippen molar-refractivity contribution in [2.75, 3.05) is 6.54 Å². The number of H-pyrrole nitrogens is 1. The van der Waals surface area contributed by atoms with E-state index in [0.717, 1.165) is 11.4 Å². The van der Waals surface area contributed by atoms with Gasteiger partial charge in [0, 0.05) is 17.5 Å². The molecule has 1 aromatic heterocycles. The lowest BCUT2D eigenvalue weighted by Crippen LogP contribution is -2.28. The summed E-state index contributed by atoms with van der Waals surface area (Å²) in [5.74, 6) is 0.628. The van der Waals surface area contributed by atoms with Crippen molar-refractivity contribution in [3.63, 3.8) is 0 Å². The van der Waals surface area contributed by atoms with E-state index in [2.05, 4.69) is 49.6 Å². The second-order valence-electron chi connectivity index (χ2n) is 6.20. The van der Waals surface area contributed by atoms with Gasteiger partial charge in [0.15, 0.2) is 0 Å². The maximum Gasteiger partial charge on any atom is 0.254 e. The van der Waals surface area contributed by atoms with E-state index in [1.54, 1.807) is 13.8 Å². The summed E-state index contributed by atoms with van der Waals surface area (Å²) >= 11 is 0. The fourth-order valence-electron chi connectivity index (χ4n) is 1.70. The Bertz CT molecular complexity index is 520. The molecule has 0 saturated heterocycles. The lowest BCUT2D eigenvalue weighted by Gasteiger charge is -2.22. The summed E-state index contributed by atoms with van der Waals surface area (Å²) in [5, 5.41) is 0. The van der Waals surface area contributed by atoms with Crippen LogP contribution < -0.4 is 5.56 Å². The highest BCUT2D eigenvalue weighted by molar-refractivity contribution is 6.03. The number of aryl methyl sites for hydroxylation is 1. The summed E-state index contributed by atoms with van der Waals surface area (Å²) in [7, 11) is 0. The number of aromatic nitrogens is 2. The molecule has 0 aliphatic carbocycles. The average molecular weight is 293 g/mol. The van der Waals surface area contributed by atoms with Gasteiger partial charge in [-0.15, -0.1) is 0 Å². The number of aliphatic imine (C=N–C) groups is 1. The lowest BCUT2D eigenvalue weighted by atomic mass is 9.86. The van der Waals surface area contributed by atoms with Crippen molar-refractivity contribution in [3.8, 4) is 0 Å². The van der Waals surface area contributed by atoms with Crippen molar-refractivity contribution < 1.29 is 0 Å². The van der Waals surface area contributed by atoms with Crippen LogP contribution in [0.1, 0.15) is 71.5 Å².